The van der Waals surface area contributed by atoms with E-state index in [2.05, 4.69) is 15.3 Å². The summed E-state index contributed by atoms with van der Waals surface area (Å²) in [5, 5.41) is 11.6. The van der Waals surface area contributed by atoms with Crippen LogP contribution in [-0.4, -0.2) is 27.7 Å². The number of nitrogens with zero attached hydrogens (tertiary/aromatic N) is 4. The van der Waals surface area contributed by atoms with E-state index in [-0.39, 0.29) is 12.4 Å². The molecule has 0 aliphatic carbocycles. The molecule has 0 atom stereocenters. The minimum atomic E-state index is -0.293. The largest absolute Gasteiger partial charge is 0.490 e. The molecule has 6 nitrogen and oxygen atoms in total. The molecule has 3 aromatic rings. The van der Waals surface area contributed by atoms with Gasteiger partial charge in [0, 0.05) is 5.56 Å². The van der Waals surface area contributed by atoms with E-state index in [1.54, 1.807) is 30.5 Å². The maximum atomic E-state index is 13.7. The van der Waals surface area contributed by atoms with Gasteiger partial charge in [-0.2, -0.15) is 5.10 Å². The van der Waals surface area contributed by atoms with Crippen molar-refractivity contribution in [2.45, 2.75) is 13.5 Å². The Bertz CT molecular complexity index is 850. The second-order valence-corrected chi connectivity index (χ2v) is 5.11. The Morgan fingerprint density at radius 1 is 1.08 bits per heavy atom. The van der Waals surface area contributed by atoms with E-state index in [1.807, 2.05) is 19.1 Å². The van der Waals surface area contributed by atoms with E-state index in [0.717, 1.165) is 5.56 Å². The van der Waals surface area contributed by atoms with Crippen LogP contribution in [0.5, 0.6) is 11.5 Å². The highest BCUT2D eigenvalue weighted by atomic mass is 19.1. The normalized spacial score (nSPS) is 11.0. The summed E-state index contributed by atoms with van der Waals surface area (Å²) in [6.45, 7) is 2.50. The van der Waals surface area contributed by atoms with Crippen LogP contribution in [0.1, 0.15) is 18.1 Å². The molecule has 0 spiro atoms. The molecular weight excluding hydrogens is 323 g/mol. The zero-order chi connectivity index (χ0) is 17.5. The van der Waals surface area contributed by atoms with Crippen molar-refractivity contribution >= 4 is 6.21 Å². The molecule has 128 valence electrons. The van der Waals surface area contributed by atoms with Gasteiger partial charge in [-0.15, -0.1) is 10.2 Å². The molecule has 0 N–H and O–H groups in total. The lowest BCUT2D eigenvalue weighted by atomic mass is 10.2. The van der Waals surface area contributed by atoms with E-state index < -0.39 is 0 Å². The van der Waals surface area contributed by atoms with Gasteiger partial charge in [0.2, 0.25) is 0 Å². The van der Waals surface area contributed by atoms with Crippen LogP contribution in [0.2, 0.25) is 0 Å². The molecule has 3 rings (SSSR count). The topological polar surface area (TPSA) is 61.5 Å². The van der Waals surface area contributed by atoms with Crippen molar-refractivity contribution in [3.63, 3.8) is 0 Å². The third-order valence-electron chi connectivity index (χ3n) is 3.36. The number of benzene rings is 2. The van der Waals surface area contributed by atoms with Crippen molar-refractivity contribution in [1.82, 2.24) is 14.9 Å². The van der Waals surface area contributed by atoms with Gasteiger partial charge in [0.05, 0.1) is 12.8 Å². The van der Waals surface area contributed by atoms with Gasteiger partial charge in [-0.05, 0) is 36.8 Å². The summed E-state index contributed by atoms with van der Waals surface area (Å²) in [6, 6.07) is 12.0. The molecule has 0 aliphatic heterocycles. The standard InChI is InChI=1S/C18H17FN4O2/c1-2-24-18-9-14(10-22-23-12-20-21-13-23)7-8-17(18)25-11-15-5-3-4-6-16(15)19/h3-10,12-13H,2,11H2,1H3. The van der Waals surface area contributed by atoms with Gasteiger partial charge in [-0.25, -0.2) is 9.07 Å². The van der Waals surface area contributed by atoms with Crippen molar-refractivity contribution in [2.24, 2.45) is 5.10 Å². The highest BCUT2D eigenvalue weighted by molar-refractivity contribution is 5.80. The fraction of sp³-hybridized carbons (Fsp3) is 0.167. The summed E-state index contributed by atoms with van der Waals surface area (Å²) in [6.07, 6.45) is 4.64. The van der Waals surface area contributed by atoms with Crippen LogP contribution >= 0.6 is 0 Å². The smallest absolute Gasteiger partial charge is 0.161 e. The molecule has 0 saturated heterocycles. The summed E-state index contributed by atoms with van der Waals surface area (Å²) in [5.41, 5.74) is 1.32. The third kappa shape index (κ3) is 4.41. The molecule has 0 radical (unpaired) electrons. The molecule has 2 aromatic carbocycles. The second-order valence-electron chi connectivity index (χ2n) is 5.11. The fourth-order valence-corrected chi connectivity index (χ4v) is 2.15. The minimum Gasteiger partial charge on any atom is -0.490 e. The summed E-state index contributed by atoms with van der Waals surface area (Å²) < 4.78 is 26.5. The van der Waals surface area contributed by atoms with Crippen molar-refractivity contribution in [2.75, 3.05) is 6.61 Å². The van der Waals surface area contributed by atoms with Gasteiger partial charge < -0.3 is 9.47 Å². The Balaban J connectivity index is 1.76. The minimum absolute atomic E-state index is 0.126. The van der Waals surface area contributed by atoms with E-state index in [9.17, 15) is 4.39 Å². The van der Waals surface area contributed by atoms with Gasteiger partial charge >= 0.3 is 0 Å². The number of rotatable bonds is 7. The summed E-state index contributed by atoms with van der Waals surface area (Å²) in [4.78, 5) is 0. The summed E-state index contributed by atoms with van der Waals surface area (Å²) >= 11 is 0. The van der Waals surface area contributed by atoms with Gasteiger partial charge in [0.15, 0.2) is 11.5 Å². The molecule has 1 aromatic heterocycles. The fourth-order valence-electron chi connectivity index (χ4n) is 2.15. The van der Waals surface area contributed by atoms with Crippen molar-refractivity contribution in [3.8, 4) is 11.5 Å². The number of hydrogen-bond donors (Lipinski definition) is 0. The Hall–Kier alpha value is -3.22. The first kappa shape index (κ1) is 16.6. The predicted octanol–water partition coefficient (Wildman–Crippen LogP) is 3.28. The van der Waals surface area contributed by atoms with Gasteiger partial charge in [0.25, 0.3) is 0 Å². The first-order chi connectivity index (χ1) is 12.3. The first-order valence-corrected chi connectivity index (χ1v) is 7.78. The molecular formula is C18H17FN4O2. The third-order valence-corrected chi connectivity index (χ3v) is 3.36. The summed E-state index contributed by atoms with van der Waals surface area (Å²) in [7, 11) is 0. The maximum absolute atomic E-state index is 13.7. The quantitative estimate of drug-likeness (QED) is 0.619. The molecule has 7 heteroatoms. The molecule has 0 amide bonds. The SMILES string of the molecule is CCOc1cc(C=Nn2cnnc2)ccc1OCc1ccccc1F. The highest BCUT2D eigenvalue weighted by Crippen LogP contribution is 2.29. The predicted molar refractivity (Wildman–Crippen MR) is 91.4 cm³/mol. The number of halogens is 1. The van der Waals surface area contributed by atoms with Crippen LogP contribution in [0.4, 0.5) is 4.39 Å². The van der Waals surface area contributed by atoms with Crippen LogP contribution in [0, 0.1) is 5.82 Å². The van der Waals surface area contributed by atoms with Crippen molar-refractivity contribution in [1.29, 1.82) is 0 Å². The molecule has 25 heavy (non-hydrogen) atoms. The van der Waals surface area contributed by atoms with Crippen LogP contribution in [0.3, 0.4) is 0 Å². The van der Waals surface area contributed by atoms with Gasteiger partial charge in [0.1, 0.15) is 25.1 Å². The Labute approximate surface area is 144 Å². The van der Waals surface area contributed by atoms with Gasteiger partial charge in [-0.1, -0.05) is 18.2 Å². The number of ether oxygens (including phenoxy) is 2. The van der Waals surface area contributed by atoms with Crippen LogP contribution in [0.25, 0.3) is 0 Å². The summed E-state index contributed by atoms with van der Waals surface area (Å²) in [5.74, 6) is 0.830. The Morgan fingerprint density at radius 3 is 2.64 bits per heavy atom. The Kier molecular flexibility index (Phi) is 5.36. The monoisotopic (exact) mass is 340 g/mol. The molecule has 0 fully saturated rings. The van der Waals surface area contributed by atoms with Crippen molar-refractivity contribution < 1.29 is 13.9 Å². The number of hydrogen-bond acceptors (Lipinski definition) is 5. The highest BCUT2D eigenvalue weighted by Gasteiger charge is 2.08. The van der Waals surface area contributed by atoms with Crippen LogP contribution in [0.15, 0.2) is 60.2 Å². The van der Waals surface area contributed by atoms with E-state index in [1.165, 1.54) is 23.4 Å². The van der Waals surface area contributed by atoms with Crippen LogP contribution < -0.4 is 9.47 Å². The van der Waals surface area contributed by atoms with Crippen LogP contribution in [-0.2, 0) is 6.61 Å². The second kappa shape index (κ2) is 8.05. The maximum Gasteiger partial charge on any atom is 0.161 e. The molecule has 0 saturated carbocycles. The van der Waals surface area contributed by atoms with E-state index in [4.69, 9.17) is 9.47 Å². The van der Waals surface area contributed by atoms with E-state index >= 15 is 0 Å². The molecule has 0 unspecified atom stereocenters. The molecule has 0 bridgehead atoms. The van der Waals surface area contributed by atoms with Crippen molar-refractivity contribution in [3.05, 3.63) is 72.1 Å². The molecule has 1 heterocycles. The average Bonchev–Trinajstić information content (AvgIpc) is 3.14. The zero-order valence-electron chi connectivity index (χ0n) is 13.7. The van der Waals surface area contributed by atoms with E-state index in [0.29, 0.717) is 23.7 Å². The first-order valence-electron chi connectivity index (χ1n) is 7.78. The lowest BCUT2D eigenvalue weighted by Crippen LogP contribution is -2.02. The molecule has 0 aliphatic rings. The Morgan fingerprint density at radius 2 is 1.88 bits per heavy atom. The average molecular weight is 340 g/mol. The van der Waals surface area contributed by atoms with Gasteiger partial charge in [-0.3, -0.25) is 0 Å². The lowest BCUT2D eigenvalue weighted by Gasteiger charge is -2.13. The number of aromatic nitrogens is 3. The lowest BCUT2D eigenvalue weighted by molar-refractivity contribution is 0.266. The zero-order valence-corrected chi connectivity index (χ0v) is 13.7.